The molecule has 0 aliphatic carbocycles. The summed E-state index contributed by atoms with van der Waals surface area (Å²) in [4.78, 5) is 18.4. The van der Waals surface area contributed by atoms with Crippen LogP contribution in [0.25, 0.3) is 0 Å². The maximum absolute atomic E-state index is 13.0. The number of carbonyl (C=O) groups is 1. The second kappa shape index (κ2) is 6.09. The molecule has 3 atom stereocenters. The number of aromatic nitrogens is 3. The average Bonchev–Trinajstić information content (AvgIpc) is 3.25. The number of nitrogens with zero attached hydrogens (tertiary/aromatic N) is 3. The smallest absolute Gasteiger partial charge is 0.232 e. The number of hydrogen-bond acceptors (Lipinski definition) is 5. The van der Waals surface area contributed by atoms with Gasteiger partial charge in [0.25, 0.3) is 0 Å². The molecule has 1 aromatic carbocycles. The molecule has 6 nitrogen and oxygen atoms in total. The highest BCUT2D eigenvalue weighted by Crippen LogP contribution is 2.38. The predicted octanol–water partition coefficient (Wildman–Crippen LogP) is 3.00. The number of hydrogen-bond donors (Lipinski definition) is 2. The first-order valence-corrected chi connectivity index (χ1v) is 8.67. The first kappa shape index (κ1) is 14.9. The van der Waals surface area contributed by atoms with E-state index < -0.39 is 0 Å². The van der Waals surface area contributed by atoms with E-state index in [1.807, 2.05) is 54.8 Å². The Labute approximate surface area is 143 Å². The molecule has 24 heavy (non-hydrogen) atoms. The van der Waals surface area contributed by atoms with Crippen molar-refractivity contribution in [3.05, 3.63) is 59.0 Å². The van der Waals surface area contributed by atoms with Crippen molar-refractivity contribution in [2.45, 2.75) is 19.0 Å². The Bertz CT molecular complexity index is 830. The summed E-state index contributed by atoms with van der Waals surface area (Å²) in [5.41, 5.74) is 0.795. The van der Waals surface area contributed by atoms with Crippen LogP contribution in [0.3, 0.4) is 0 Å². The number of nitrogens with one attached hydrogen (secondary N) is 2. The molecule has 0 spiro atoms. The van der Waals surface area contributed by atoms with E-state index in [2.05, 4.69) is 20.7 Å². The third kappa shape index (κ3) is 2.56. The Morgan fingerprint density at radius 3 is 2.83 bits per heavy atom. The zero-order valence-corrected chi connectivity index (χ0v) is 13.9. The summed E-state index contributed by atoms with van der Waals surface area (Å²) in [5.74, 6) is 0.378. The van der Waals surface area contributed by atoms with E-state index in [9.17, 15) is 4.79 Å². The van der Waals surface area contributed by atoms with E-state index in [0.29, 0.717) is 5.95 Å². The van der Waals surface area contributed by atoms with Crippen LogP contribution in [0.15, 0.2) is 54.2 Å². The maximum atomic E-state index is 13.0. The maximum Gasteiger partial charge on any atom is 0.232 e. The van der Waals surface area contributed by atoms with Crippen molar-refractivity contribution in [2.75, 3.05) is 10.6 Å². The molecule has 0 saturated heterocycles. The lowest BCUT2D eigenvalue weighted by molar-refractivity contribution is -0.121. The van der Waals surface area contributed by atoms with Gasteiger partial charge >= 0.3 is 0 Å². The lowest BCUT2D eigenvalue weighted by Crippen LogP contribution is -2.46. The SMILES string of the molecule is C[C@@H]1Nc2ncnn2[C@H](c2cccs2)[C@@H]1C(=O)Nc1ccccc1. The highest BCUT2D eigenvalue weighted by atomic mass is 32.1. The van der Waals surface area contributed by atoms with Crippen molar-refractivity contribution >= 4 is 28.9 Å². The molecular weight excluding hydrogens is 322 g/mol. The summed E-state index contributed by atoms with van der Waals surface area (Å²) in [7, 11) is 0. The van der Waals surface area contributed by atoms with Gasteiger partial charge in [0.1, 0.15) is 12.4 Å². The van der Waals surface area contributed by atoms with E-state index >= 15 is 0 Å². The van der Waals surface area contributed by atoms with Crippen molar-refractivity contribution < 1.29 is 4.79 Å². The molecule has 1 amide bonds. The van der Waals surface area contributed by atoms with Crippen molar-refractivity contribution in [3.63, 3.8) is 0 Å². The Morgan fingerprint density at radius 2 is 2.08 bits per heavy atom. The van der Waals surface area contributed by atoms with Crippen LogP contribution in [-0.4, -0.2) is 26.7 Å². The van der Waals surface area contributed by atoms with Crippen LogP contribution in [0.2, 0.25) is 0 Å². The number of carbonyl (C=O) groups excluding carboxylic acids is 1. The van der Waals surface area contributed by atoms with Gasteiger partial charge in [-0.25, -0.2) is 4.68 Å². The minimum Gasteiger partial charge on any atom is -0.351 e. The van der Waals surface area contributed by atoms with Gasteiger partial charge in [-0.1, -0.05) is 24.3 Å². The number of rotatable bonds is 3. The zero-order valence-electron chi connectivity index (χ0n) is 13.1. The Kier molecular flexibility index (Phi) is 3.78. The first-order valence-electron chi connectivity index (χ1n) is 7.79. The highest BCUT2D eigenvalue weighted by molar-refractivity contribution is 7.10. The minimum atomic E-state index is -0.293. The molecule has 0 fully saturated rings. The van der Waals surface area contributed by atoms with Crippen LogP contribution in [0.4, 0.5) is 11.6 Å². The van der Waals surface area contributed by atoms with Crippen LogP contribution in [0, 0.1) is 5.92 Å². The molecule has 0 bridgehead atoms. The van der Waals surface area contributed by atoms with Gasteiger partial charge in [0, 0.05) is 16.6 Å². The normalized spacial score (nSPS) is 22.5. The van der Waals surface area contributed by atoms with Crippen molar-refractivity contribution in [3.8, 4) is 0 Å². The molecule has 1 aliphatic heterocycles. The Balaban J connectivity index is 1.71. The number of para-hydroxylation sites is 1. The summed E-state index contributed by atoms with van der Waals surface area (Å²) in [6.45, 7) is 2.01. The molecule has 2 N–H and O–H groups in total. The molecule has 0 radical (unpaired) electrons. The van der Waals surface area contributed by atoms with E-state index in [0.717, 1.165) is 10.6 Å². The number of amides is 1. The van der Waals surface area contributed by atoms with Gasteiger partial charge in [-0.2, -0.15) is 10.1 Å². The lowest BCUT2D eigenvalue weighted by Gasteiger charge is -2.36. The second-order valence-electron chi connectivity index (χ2n) is 5.80. The molecule has 0 unspecified atom stereocenters. The average molecular weight is 339 g/mol. The molecule has 7 heteroatoms. The fourth-order valence-corrected chi connectivity index (χ4v) is 4.01. The van der Waals surface area contributed by atoms with Crippen LogP contribution in [0.5, 0.6) is 0 Å². The molecular formula is C17H17N5OS. The van der Waals surface area contributed by atoms with Crippen molar-refractivity contribution in [2.24, 2.45) is 5.92 Å². The van der Waals surface area contributed by atoms with Crippen LogP contribution >= 0.6 is 11.3 Å². The van der Waals surface area contributed by atoms with Crippen molar-refractivity contribution in [1.82, 2.24) is 14.8 Å². The largest absolute Gasteiger partial charge is 0.351 e. The lowest BCUT2D eigenvalue weighted by atomic mass is 9.89. The van der Waals surface area contributed by atoms with Gasteiger partial charge < -0.3 is 10.6 Å². The van der Waals surface area contributed by atoms with E-state index in [4.69, 9.17) is 0 Å². The monoisotopic (exact) mass is 339 g/mol. The molecule has 2 aromatic heterocycles. The van der Waals surface area contributed by atoms with Gasteiger partial charge in [0.05, 0.1) is 5.92 Å². The number of benzene rings is 1. The fourth-order valence-electron chi connectivity index (χ4n) is 3.15. The van der Waals surface area contributed by atoms with Gasteiger partial charge in [0.15, 0.2) is 0 Å². The van der Waals surface area contributed by atoms with E-state index in [-0.39, 0.29) is 23.9 Å². The summed E-state index contributed by atoms with van der Waals surface area (Å²) in [6.07, 6.45) is 1.52. The molecule has 122 valence electrons. The molecule has 3 heterocycles. The second-order valence-corrected chi connectivity index (χ2v) is 6.78. The Hall–Kier alpha value is -2.67. The summed E-state index contributed by atoms with van der Waals surface area (Å²) in [5, 5.41) is 12.7. The first-order chi connectivity index (χ1) is 11.7. The van der Waals surface area contributed by atoms with Crippen molar-refractivity contribution in [1.29, 1.82) is 0 Å². The quantitative estimate of drug-likeness (QED) is 0.769. The molecule has 0 saturated carbocycles. The molecule has 1 aliphatic rings. The summed E-state index contributed by atoms with van der Waals surface area (Å²) >= 11 is 1.63. The summed E-state index contributed by atoms with van der Waals surface area (Å²) in [6, 6.07) is 13.3. The third-order valence-corrected chi connectivity index (χ3v) is 5.19. The molecule has 3 aromatic rings. The van der Waals surface area contributed by atoms with Gasteiger partial charge in [-0.3, -0.25) is 4.79 Å². The number of thiophene rings is 1. The summed E-state index contributed by atoms with van der Waals surface area (Å²) < 4.78 is 1.81. The van der Waals surface area contributed by atoms with Crippen LogP contribution in [-0.2, 0) is 4.79 Å². The Morgan fingerprint density at radius 1 is 1.25 bits per heavy atom. The number of anilines is 2. The van der Waals surface area contributed by atoms with Gasteiger partial charge in [0.2, 0.25) is 11.9 Å². The highest BCUT2D eigenvalue weighted by Gasteiger charge is 2.41. The predicted molar refractivity (Wildman–Crippen MR) is 94.1 cm³/mol. The zero-order chi connectivity index (χ0) is 16.5. The minimum absolute atomic E-state index is 0.0271. The topological polar surface area (TPSA) is 71.8 Å². The number of fused-ring (bicyclic) bond motifs is 1. The van der Waals surface area contributed by atoms with E-state index in [1.54, 1.807) is 16.0 Å². The fraction of sp³-hybridized carbons (Fsp3) is 0.235. The van der Waals surface area contributed by atoms with Gasteiger partial charge in [-0.15, -0.1) is 11.3 Å². The standard InChI is InChI=1S/C17H17N5OS/c1-11-14(16(23)21-12-6-3-2-4-7-12)15(13-8-5-9-24-13)22-17(20-11)18-10-19-22/h2-11,14-15H,1H3,(H,21,23)(H,18,19,20)/t11-,14+,15+/m0/s1. The van der Waals surface area contributed by atoms with Gasteiger partial charge in [-0.05, 0) is 30.5 Å². The van der Waals surface area contributed by atoms with Crippen LogP contribution < -0.4 is 10.6 Å². The van der Waals surface area contributed by atoms with E-state index in [1.165, 1.54) is 6.33 Å². The van der Waals surface area contributed by atoms with Crippen LogP contribution in [0.1, 0.15) is 17.8 Å². The molecule has 4 rings (SSSR count). The third-order valence-electron chi connectivity index (χ3n) is 4.25.